The van der Waals surface area contributed by atoms with Gasteiger partial charge < -0.3 is 14.8 Å². The summed E-state index contributed by atoms with van der Waals surface area (Å²) in [5.74, 6) is -0.266. The Morgan fingerprint density at radius 3 is 2.63 bits per heavy atom. The summed E-state index contributed by atoms with van der Waals surface area (Å²) in [6.45, 7) is 3.45. The Bertz CT molecular complexity index is 399. The average Bonchev–Trinajstić information content (AvgIpc) is 2.29. The van der Waals surface area contributed by atoms with Gasteiger partial charge in [-0.1, -0.05) is 22.9 Å². The van der Waals surface area contributed by atoms with Crippen LogP contribution < -0.4 is 10.1 Å². The standard InChI is InChI=1S/C12H15BrF3NO2/c1-2-6-18-7-5-17-10-4-3-9(13)8-11(10)19-12(14,15)16/h3-4,8,17H,2,5-7H2,1H3. The number of rotatable bonds is 7. The Balaban J connectivity index is 2.61. The zero-order valence-corrected chi connectivity index (χ0v) is 12.0. The topological polar surface area (TPSA) is 30.5 Å². The molecule has 0 spiro atoms. The molecule has 0 aromatic heterocycles. The summed E-state index contributed by atoms with van der Waals surface area (Å²) in [5, 5.41) is 2.85. The van der Waals surface area contributed by atoms with Gasteiger partial charge in [0.1, 0.15) is 0 Å². The fourth-order valence-corrected chi connectivity index (χ4v) is 1.70. The van der Waals surface area contributed by atoms with Crippen LogP contribution >= 0.6 is 15.9 Å². The Morgan fingerprint density at radius 2 is 2.00 bits per heavy atom. The molecule has 3 nitrogen and oxygen atoms in total. The van der Waals surface area contributed by atoms with Crippen molar-refractivity contribution in [3.8, 4) is 5.75 Å². The zero-order chi connectivity index (χ0) is 14.3. The summed E-state index contributed by atoms with van der Waals surface area (Å²) in [5.41, 5.74) is 0.278. The molecule has 0 heterocycles. The molecule has 1 aromatic rings. The molecule has 0 aliphatic carbocycles. The predicted octanol–water partition coefficient (Wildman–Crippen LogP) is 4.19. The minimum Gasteiger partial charge on any atom is -0.404 e. The van der Waals surface area contributed by atoms with Crippen LogP contribution in [0.15, 0.2) is 22.7 Å². The monoisotopic (exact) mass is 341 g/mol. The van der Waals surface area contributed by atoms with Crippen LogP contribution in [0.25, 0.3) is 0 Å². The van der Waals surface area contributed by atoms with Crippen LogP contribution in [-0.4, -0.2) is 26.1 Å². The van der Waals surface area contributed by atoms with Crippen LogP contribution in [0, 0.1) is 0 Å². The van der Waals surface area contributed by atoms with E-state index in [0.717, 1.165) is 6.42 Å². The lowest BCUT2D eigenvalue weighted by molar-refractivity contribution is -0.274. The number of hydrogen-bond donors (Lipinski definition) is 1. The Hall–Kier alpha value is -0.950. The molecule has 0 aliphatic heterocycles. The summed E-state index contributed by atoms with van der Waals surface area (Å²) < 4.78 is 46.5. The van der Waals surface area contributed by atoms with Crippen molar-refractivity contribution in [2.24, 2.45) is 0 Å². The molecule has 19 heavy (non-hydrogen) atoms. The van der Waals surface area contributed by atoms with Gasteiger partial charge in [-0.3, -0.25) is 0 Å². The summed E-state index contributed by atoms with van der Waals surface area (Å²) in [6.07, 6.45) is -3.81. The molecule has 1 rings (SSSR count). The van der Waals surface area contributed by atoms with E-state index in [1.165, 1.54) is 12.1 Å². The van der Waals surface area contributed by atoms with Crippen LogP contribution in [0.2, 0.25) is 0 Å². The van der Waals surface area contributed by atoms with E-state index in [1.807, 2.05) is 6.92 Å². The highest BCUT2D eigenvalue weighted by atomic mass is 79.9. The SMILES string of the molecule is CCCOCCNc1ccc(Br)cc1OC(F)(F)F. The van der Waals surface area contributed by atoms with Crippen molar-refractivity contribution in [1.29, 1.82) is 0 Å². The first-order valence-corrected chi connectivity index (χ1v) is 6.58. The third-order valence-corrected chi connectivity index (χ3v) is 2.57. The van der Waals surface area contributed by atoms with Gasteiger partial charge in [-0.25, -0.2) is 0 Å². The lowest BCUT2D eigenvalue weighted by Crippen LogP contribution is -2.19. The lowest BCUT2D eigenvalue weighted by atomic mass is 10.3. The number of benzene rings is 1. The van der Waals surface area contributed by atoms with Gasteiger partial charge in [-0.2, -0.15) is 0 Å². The number of nitrogens with one attached hydrogen (secondary N) is 1. The van der Waals surface area contributed by atoms with Crippen molar-refractivity contribution in [3.05, 3.63) is 22.7 Å². The number of ether oxygens (including phenoxy) is 2. The summed E-state index contributed by atoms with van der Waals surface area (Å²) in [4.78, 5) is 0. The zero-order valence-electron chi connectivity index (χ0n) is 10.4. The number of alkyl halides is 3. The van der Waals surface area contributed by atoms with Crippen molar-refractivity contribution in [1.82, 2.24) is 0 Å². The third kappa shape index (κ3) is 6.68. The summed E-state index contributed by atoms with van der Waals surface area (Å²) in [7, 11) is 0. The second kappa shape index (κ2) is 7.59. The Kier molecular flexibility index (Phi) is 6.44. The maximum atomic E-state index is 12.3. The van der Waals surface area contributed by atoms with Gasteiger partial charge in [0, 0.05) is 17.6 Å². The molecule has 0 saturated carbocycles. The van der Waals surface area contributed by atoms with Crippen molar-refractivity contribution in [2.75, 3.05) is 25.1 Å². The Labute approximate surface area is 118 Å². The minimum atomic E-state index is -4.71. The van der Waals surface area contributed by atoms with E-state index in [-0.39, 0.29) is 11.4 Å². The van der Waals surface area contributed by atoms with Gasteiger partial charge in [-0.05, 0) is 24.6 Å². The molecule has 7 heteroatoms. The molecule has 1 aromatic carbocycles. The van der Waals surface area contributed by atoms with E-state index in [0.29, 0.717) is 24.2 Å². The van der Waals surface area contributed by atoms with E-state index in [1.54, 1.807) is 6.07 Å². The molecule has 0 atom stereocenters. The number of anilines is 1. The van der Waals surface area contributed by atoms with Crippen molar-refractivity contribution in [2.45, 2.75) is 19.7 Å². The molecule has 0 radical (unpaired) electrons. The van der Waals surface area contributed by atoms with Crippen LogP contribution in [0.3, 0.4) is 0 Å². The molecule has 0 bridgehead atoms. The minimum absolute atomic E-state index is 0.266. The predicted molar refractivity (Wildman–Crippen MR) is 70.4 cm³/mol. The van der Waals surface area contributed by atoms with E-state index in [4.69, 9.17) is 4.74 Å². The Morgan fingerprint density at radius 1 is 1.26 bits per heavy atom. The quantitative estimate of drug-likeness (QED) is 0.754. The van der Waals surface area contributed by atoms with Gasteiger partial charge in [0.15, 0.2) is 5.75 Å². The van der Waals surface area contributed by atoms with Crippen LogP contribution in [0.4, 0.5) is 18.9 Å². The van der Waals surface area contributed by atoms with Crippen LogP contribution in [-0.2, 0) is 4.74 Å². The first-order chi connectivity index (χ1) is 8.92. The van der Waals surface area contributed by atoms with Crippen LogP contribution in [0.1, 0.15) is 13.3 Å². The second-order valence-electron chi connectivity index (χ2n) is 3.73. The van der Waals surface area contributed by atoms with Gasteiger partial charge in [0.05, 0.1) is 12.3 Å². The molecule has 0 fully saturated rings. The first kappa shape index (κ1) is 16.1. The molecule has 0 amide bonds. The third-order valence-electron chi connectivity index (χ3n) is 2.08. The maximum Gasteiger partial charge on any atom is 0.573 e. The highest BCUT2D eigenvalue weighted by molar-refractivity contribution is 9.10. The van der Waals surface area contributed by atoms with Crippen molar-refractivity contribution in [3.63, 3.8) is 0 Å². The van der Waals surface area contributed by atoms with Gasteiger partial charge in [0.2, 0.25) is 0 Å². The molecular weight excluding hydrogens is 327 g/mol. The van der Waals surface area contributed by atoms with E-state index < -0.39 is 6.36 Å². The number of halogens is 4. The molecule has 0 unspecified atom stereocenters. The van der Waals surface area contributed by atoms with Crippen LogP contribution in [0.5, 0.6) is 5.75 Å². The smallest absolute Gasteiger partial charge is 0.404 e. The summed E-state index contributed by atoms with van der Waals surface area (Å²) >= 11 is 3.11. The van der Waals surface area contributed by atoms with Gasteiger partial charge in [-0.15, -0.1) is 13.2 Å². The highest BCUT2D eigenvalue weighted by Crippen LogP contribution is 2.32. The average molecular weight is 342 g/mol. The molecule has 0 aliphatic rings. The molecule has 0 saturated heterocycles. The van der Waals surface area contributed by atoms with E-state index in [2.05, 4.69) is 26.0 Å². The largest absolute Gasteiger partial charge is 0.573 e. The lowest BCUT2D eigenvalue weighted by Gasteiger charge is -2.15. The van der Waals surface area contributed by atoms with E-state index in [9.17, 15) is 13.2 Å². The maximum absolute atomic E-state index is 12.3. The van der Waals surface area contributed by atoms with E-state index >= 15 is 0 Å². The molecular formula is C12H15BrF3NO2. The van der Waals surface area contributed by atoms with Crippen molar-refractivity contribution < 1.29 is 22.6 Å². The van der Waals surface area contributed by atoms with Gasteiger partial charge >= 0.3 is 6.36 Å². The van der Waals surface area contributed by atoms with Gasteiger partial charge in [0.25, 0.3) is 0 Å². The molecule has 108 valence electrons. The van der Waals surface area contributed by atoms with Crippen molar-refractivity contribution >= 4 is 21.6 Å². The molecule has 1 N–H and O–H groups in total. The summed E-state index contributed by atoms with van der Waals surface area (Å²) in [6, 6.07) is 4.42. The normalized spacial score (nSPS) is 11.4. The second-order valence-corrected chi connectivity index (χ2v) is 4.64. The highest BCUT2D eigenvalue weighted by Gasteiger charge is 2.32. The fraction of sp³-hybridized carbons (Fsp3) is 0.500. The fourth-order valence-electron chi connectivity index (χ4n) is 1.36. The number of hydrogen-bond acceptors (Lipinski definition) is 3. The first-order valence-electron chi connectivity index (χ1n) is 5.79.